The molecule has 1 amide bonds. The molecule has 4 aliphatic rings. The predicted octanol–water partition coefficient (Wildman–Crippen LogP) is 1.79. The molecule has 4 heterocycles. The van der Waals surface area contributed by atoms with Crippen LogP contribution in [-0.2, 0) is 9.63 Å². The Morgan fingerprint density at radius 3 is 2.64 bits per heavy atom. The number of methoxy groups -OCH3 is 1. The molecule has 3 saturated heterocycles. The van der Waals surface area contributed by atoms with Crippen molar-refractivity contribution in [3.63, 3.8) is 0 Å². The number of piperidine rings is 3. The molecule has 0 saturated carbocycles. The summed E-state index contributed by atoms with van der Waals surface area (Å²) >= 11 is 0. The Hall–Kier alpha value is -2.08. The average molecular weight is 343 g/mol. The van der Waals surface area contributed by atoms with Crippen LogP contribution in [-0.4, -0.2) is 54.9 Å². The summed E-state index contributed by atoms with van der Waals surface area (Å²) in [5.41, 5.74) is 0.829. The molecule has 1 aromatic rings. The van der Waals surface area contributed by atoms with E-state index >= 15 is 0 Å². The zero-order chi connectivity index (χ0) is 17.4. The molecule has 6 nitrogen and oxygen atoms in total. The van der Waals surface area contributed by atoms with Crippen molar-refractivity contribution in [3.8, 4) is 5.75 Å². The van der Waals surface area contributed by atoms with Crippen LogP contribution < -0.4 is 10.1 Å². The molecular weight excluding hydrogens is 318 g/mol. The van der Waals surface area contributed by atoms with Gasteiger partial charge in [0.15, 0.2) is 0 Å². The molecule has 5 rings (SSSR count). The summed E-state index contributed by atoms with van der Waals surface area (Å²) in [4.78, 5) is 20.9. The quantitative estimate of drug-likeness (QED) is 0.905. The van der Waals surface area contributed by atoms with Crippen LogP contribution in [0.3, 0.4) is 0 Å². The topological polar surface area (TPSA) is 63.2 Å². The number of ether oxygens (including phenoxy) is 1. The maximum Gasteiger partial charge on any atom is 0.267 e. The van der Waals surface area contributed by atoms with E-state index in [9.17, 15) is 4.79 Å². The molecule has 2 unspecified atom stereocenters. The molecule has 0 spiro atoms. The fourth-order valence-electron chi connectivity index (χ4n) is 4.05. The molecule has 0 aliphatic carbocycles. The van der Waals surface area contributed by atoms with Gasteiger partial charge in [0, 0.05) is 19.0 Å². The van der Waals surface area contributed by atoms with E-state index in [0.29, 0.717) is 12.3 Å². The second-order valence-corrected chi connectivity index (χ2v) is 7.48. The lowest BCUT2D eigenvalue weighted by Crippen LogP contribution is -2.60. The van der Waals surface area contributed by atoms with Gasteiger partial charge in [0.25, 0.3) is 5.91 Å². The number of rotatable bonds is 4. The zero-order valence-electron chi connectivity index (χ0n) is 14.8. The van der Waals surface area contributed by atoms with Gasteiger partial charge in [0.1, 0.15) is 5.75 Å². The standard InChI is InChI=1S/C19H25N3O3/c1-19(18(23)20-17-12-22-9-7-14(17)8-10-22)11-16(21-25-19)13-3-5-15(24-2)6-4-13/h3-6,14,17H,7-12H2,1-2H3,(H,20,23). The second-order valence-electron chi connectivity index (χ2n) is 7.48. The van der Waals surface area contributed by atoms with E-state index in [1.54, 1.807) is 7.11 Å². The van der Waals surface area contributed by atoms with Gasteiger partial charge >= 0.3 is 0 Å². The molecule has 4 aliphatic heterocycles. The minimum atomic E-state index is -0.929. The number of oxime groups is 1. The van der Waals surface area contributed by atoms with Crippen LogP contribution in [0.5, 0.6) is 5.75 Å². The van der Waals surface area contributed by atoms with Crippen molar-refractivity contribution in [1.29, 1.82) is 0 Å². The predicted molar refractivity (Wildman–Crippen MR) is 94.7 cm³/mol. The molecule has 2 bridgehead atoms. The van der Waals surface area contributed by atoms with Gasteiger partial charge in [-0.3, -0.25) is 4.79 Å². The number of hydrogen-bond acceptors (Lipinski definition) is 5. The first-order valence-corrected chi connectivity index (χ1v) is 9.00. The molecule has 0 aromatic heterocycles. The van der Waals surface area contributed by atoms with Crippen molar-refractivity contribution in [3.05, 3.63) is 29.8 Å². The van der Waals surface area contributed by atoms with Gasteiger partial charge in [-0.15, -0.1) is 0 Å². The third kappa shape index (κ3) is 3.11. The minimum absolute atomic E-state index is 0.0569. The molecule has 1 N–H and O–H groups in total. The summed E-state index contributed by atoms with van der Waals surface area (Å²) in [6, 6.07) is 7.90. The molecule has 134 valence electrons. The van der Waals surface area contributed by atoms with Crippen LogP contribution in [0.15, 0.2) is 29.4 Å². The maximum atomic E-state index is 12.8. The molecule has 2 atom stereocenters. The van der Waals surface area contributed by atoms with Crippen molar-refractivity contribution in [1.82, 2.24) is 10.2 Å². The number of nitrogens with zero attached hydrogens (tertiary/aromatic N) is 2. The van der Waals surface area contributed by atoms with E-state index in [-0.39, 0.29) is 11.9 Å². The van der Waals surface area contributed by atoms with Crippen molar-refractivity contribution >= 4 is 11.6 Å². The minimum Gasteiger partial charge on any atom is -0.497 e. The number of carbonyl (C=O) groups excluding carboxylic acids is 1. The lowest BCUT2D eigenvalue weighted by atomic mass is 9.83. The number of hydrogen-bond donors (Lipinski definition) is 1. The third-order valence-corrected chi connectivity index (χ3v) is 5.74. The lowest BCUT2D eigenvalue weighted by molar-refractivity contribution is -0.143. The van der Waals surface area contributed by atoms with Crippen molar-refractivity contribution < 1.29 is 14.4 Å². The number of fused-ring (bicyclic) bond motifs is 3. The van der Waals surface area contributed by atoms with E-state index in [4.69, 9.17) is 9.57 Å². The summed E-state index contributed by atoms with van der Waals surface area (Å²) < 4.78 is 5.18. The summed E-state index contributed by atoms with van der Waals surface area (Å²) in [6.45, 7) is 5.10. The van der Waals surface area contributed by atoms with E-state index in [0.717, 1.165) is 36.7 Å². The fraction of sp³-hybridized carbons (Fsp3) is 0.579. The fourth-order valence-corrected chi connectivity index (χ4v) is 4.05. The molecule has 25 heavy (non-hydrogen) atoms. The number of carbonyl (C=O) groups is 1. The number of benzene rings is 1. The van der Waals surface area contributed by atoms with Gasteiger partial charge < -0.3 is 19.8 Å². The van der Waals surface area contributed by atoms with Crippen LogP contribution in [0, 0.1) is 5.92 Å². The number of amides is 1. The zero-order valence-corrected chi connectivity index (χ0v) is 14.8. The Kier molecular flexibility index (Phi) is 4.15. The first-order valence-electron chi connectivity index (χ1n) is 9.00. The van der Waals surface area contributed by atoms with Crippen molar-refractivity contribution in [2.45, 2.75) is 37.8 Å². The molecule has 6 heteroatoms. The molecule has 3 fully saturated rings. The van der Waals surface area contributed by atoms with E-state index in [1.807, 2.05) is 31.2 Å². The highest BCUT2D eigenvalue weighted by Gasteiger charge is 2.44. The van der Waals surface area contributed by atoms with Gasteiger partial charge in [0.2, 0.25) is 5.60 Å². The highest BCUT2D eigenvalue weighted by Crippen LogP contribution is 2.31. The maximum absolute atomic E-state index is 12.8. The van der Waals surface area contributed by atoms with Crippen LogP contribution in [0.1, 0.15) is 31.7 Å². The summed E-state index contributed by atoms with van der Waals surface area (Å²) in [7, 11) is 1.64. The SMILES string of the molecule is COc1ccc(C2=NOC(C)(C(=O)NC3CN4CCC3CC4)C2)cc1. The first kappa shape index (κ1) is 16.4. The van der Waals surface area contributed by atoms with E-state index < -0.39 is 5.60 Å². The molecular formula is C19H25N3O3. The van der Waals surface area contributed by atoms with Crippen LogP contribution >= 0.6 is 0 Å². The first-order chi connectivity index (χ1) is 12.1. The summed E-state index contributed by atoms with van der Waals surface area (Å²) in [5.74, 6) is 1.34. The summed E-state index contributed by atoms with van der Waals surface area (Å²) in [6.07, 6.45) is 2.83. The lowest BCUT2D eigenvalue weighted by Gasteiger charge is -2.45. The molecule has 1 aromatic carbocycles. The highest BCUT2D eigenvalue weighted by molar-refractivity contribution is 6.05. The highest BCUT2D eigenvalue weighted by atomic mass is 16.7. The Morgan fingerprint density at radius 1 is 1.32 bits per heavy atom. The molecule has 0 radical (unpaired) electrons. The van der Waals surface area contributed by atoms with Gasteiger partial charge in [-0.2, -0.15) is 0 Å². The average Bonchev–Trinajstić information content (AvgIpc) is 3.06. The van der Waals surface area contributed by atoms with Gasteiger partial charge in [-0.05, 0) is 68.6 Å². The van der Waals surface area contributed by atoms with E-state index in [1.165, 1.54) is 12.8 Å². The van der Waals surface area contributed by atoms with Crippen LogP contribution in [0.25, 0.3) is 0 Å². The van der Waals surface area contributed by atoms with Gasteiger partial charge in [-0.1, -0.05) is 5.16 Å². The van der Waals surface area contributed by atoms with Gasteiger partial charge in [-0.25, -0.2) is 0 Å². The summed E-state index contributed by atoms with van der Waals surface area (Å²) in [5, 5.41) is 7.41. The largest absolute Gasteiger partial charge is 0.497 e. The Labute approximate surface area is 148 Å². The van der Waals surface area contributed by atoms with Crippen LogP contribution in [0.2, 0.25) is 0 Å². The third-order valence-electron chi connectivity index (χ3n) is 5.74. The smallest absolute Gasteiger partial charge is 0.267 e. The van der Waals surface area contributed by atoms with Crippen LogP contribution in [0.4, 0.5) is 0 Å². The van der Waals surface area contributed by atoms with Crippen molar-refractivity contribution in [2.75, 3.05) is 26.7 Å². The number of nitrogens with one attached hydrogen (secondary N) is 1. The Balaban J connectivity index is 1.40. The van der Waals surface area contributed by atoms with Crippen molar-refractivity contribution in [2.24, 2.45) is 11.1 Å². The second kappa shape index (κ2) is 6.33. The Bertz CT molecular complexity index is 680. The normalized spacial score (nSPS) is 33.5. The van der Waals surface area contributed by atoms with Gasteiger partial charge in [0.05, 0.1) is 12.8 Å². The monoisotopic (exact) mass is 343 g/mol. The van der Waals surface area contributed by atoms with E-state index in [2.05, 4.69) is 15.4 Å². The Morgan fingerprint density at radius 2 is 2.04 bits per heavy atom.